The number of carboxylic acid groups (broad SMARTS) is 1. The van der Waals surface area contributed by atoms with Crippen molar-refractivity contribution >= 4 is 27.3 Å². The molecule has 0 aliphatic heterocycles. The third-order valence-corrected chi connectivity index (χ3v) is 9.57. The van der Waals surface area contributed by atoms with E-state index in [2.05, 4.69) is 16.8 Å². The predicted molar refractivity (Wildman–Crippen MR) is 156 cm³/mol. The Balaban J connectivity index is 1.48. The minimum atomic E-state index is -4.28. The quantitative estimate of drug-likeness (QED) is 0.173. The molecule has 2 heterocycles. The molecular weight excluding hydrogens is 618 g/mol. The average molecular weight is 644 g/mol. The van der Waals surface area contributed by atoms with Crippen molar-refractivity contribution in [3.05, 3.63) is 82.0 Å². The second-order valence-electron chi connectivity index (χ2n) is 11.2. The largest absolute Gasteiger partial charge is 0.476 e. The Morgan fingerprint density at radius 2 is 1.86 bits per heavy atom. The number of rotatable bonds is 8. The summed E-state index contributed by atoms with van der Waals surface area (Å²) in [6.45, 7) is 0.0892. The summed E-state index contributed by atoms with van der Waals surface area (Å²) >= 11 is 1.16. The molecule has 2 aromatic heterocycles. The van der Waals surface area contributed by atoms with Gasteiger partial charge in [-0.1, -0.05) is 17.9 Å². The minimum absolute atomic E-state index is 0.0294. The van der Waals surface area contributed by atoms with Crippen LogP contribution in [0.1, 0.15) is 53.0 Å². The highest BCUT2D eigenvalue weighted by atomic mass is 32.2. The summed E-state index contributed by atoms with van der Waals surface area (Å²) in [5.41, 5.74) is 2.93. The maximum atomic E-state index is 14.8. The van der Waals surface area contributed by atoms with Gasteiger partial charge in [-0.2, -0.15) is 0 Å². The number of thiazole rings is 1. The number of aromatic nitrogens is 2. The summed E-state index contributed by atoms with van der Waals surface area (Å²) in [6.07, 6.45) is 1.85. The number of hydrogen-bond donors (Lipinski definition) is 2. The number of alkyl halides is 2. The van der Waals surface area contributed by atoms with Crippen LogP contribution in [0.15, 0.2) is 52.7 Å². The highest BCUT2D eigenvalue weighted by Gasteiger charge is 2.44. The van der Waals surface area contributed by atoms with E-state index in [1.54, 1.807) is 6.07 Å². The first-order valence-corrected chi connectivity index (χ1v) is 16.1. The van der Waals surface area contributed by atoms with Gasteiger partial charge in [0.05, 0.1) is 5.56 Å². The second-order valence-corrected chi connectivity index (χ2v) is 13.6. The van der Waals surface area contributed by atoms with Crippen LogP contribution in [0.3, 0.4) is 0 Å². The van der Waals surface area contributed by atoms with Gasteiger partial charge in [-0.05, 0) is 72.7 Å². The van der Waals surface area contributed by atoms with Crippen LogP contribution in [0.5, 0.6) is 0 Å². The van der Waals surface area contributed by atoms with Crippen LogP contribution in [0.25, 0.3) is 21.8 Å². The van der Waals surface area contributed by atoms with Crippen molar-refractivity contribution in [2.24, 2.45) is 17.0 Å². The molecule has 2 fully saturated rings. The van der Waals surface area contributed by atoms with E-state index in [1.165, 1.54) is 23.6 Å². The fourth-order valence-electron chi connectivity index (χ4n) is 5.28. The van der Waals surface area contributed by atoms with Gasteiger partial charge in [-0.25, -0.2) is 40.9 Å². The van der Waals surface area contributed by atoms with Crippen LogP contribution in [0, 0.1) is 35.3 Å². The minimum Gasteiger partial charge on any atom is -0.476 e. The normalized spacial score (nSPS) is 16.3. The SMILES string of the molecule is NS(=O)(=O)c1ccc(Cn2c(-c3ccc(F)c(C#CC4CC(F)(F)C4)c3)cc(-c3nc(C(=O)O)cs3)c2CC2CC2)cc1F. The lowest BCUT2D eigenvalue weighted by Gasteiger charge is -2.31. The molecule has 0 atom stereocenters. The first-order chi connectivity index (χ1) is 20.8. The number of carboxylic acids is 1. The van der Waals surface area contributed by atoms with Crippen molar-refractivity contribution in [1.29, 1.82) is 0 Å². The van der Waals surface area contributed by atoms with Crippen molar-refractivity contribution in [3.63, 3.8) is 0 Å². The van der Waals surface area contributed by atoms with Gasteiger partial charge >= 0.3 is 5.97 Å². The maximum absolute atomic E-state index is 14.8. The van der Waals surface area contributed by atoms with Gasteiger partial charge in [0.2, 0.25) is 10.0 Å². The molecular formula is C31H25F4N3O4S2. The number of hydrogen-bond acceptors (Lipinski definition) is 5. The van der Waals surface area contributed by atoms with Gasteiger partial charge in [0.15, 0.2) is 5.69 Å². The Hall–Kier alpha value is -3.99. The Morgan fingerprint density at radius 1 is 1.11 bits per heavy atom. The fourth-order valence-corrected chi connectivity index (χ4v) is 6.70. The van der Waals surface area contributed by atoms with Gasteiger partial charge in [0.25, 0.3) is 5.92 Å². The van der Waals surface area contributed by atoms with Crippen molar-refractivity contribution in [2.45, 2.75) is 49.5 Å². The van der Waals surface area contributed by atoms with E-state index in [4.69, 9.17) is 5.14 Å². The topological polar surface area (TPSA) is 115 Å². The third-order valence-electron chi connectivity index (χ3n) is 7.75. The Morgan fingerprint density at radius 3 is 2.48 bits per heavy atom. The molecule has 13 heteroatoms. The van der Waals surface area contributed by atoms with E-state index in [0.717, 1.165) is 42.0 Å². The number of benzene rings is 2. The lowest BCUT2D eigenvalue weighted by atomic mass is 9.82. The van der Waals surface area contributed by atoms with Crippen LogP contribution in [-0.2, 0) is 23.0 Å². The number of halogens is 4. The molecule has 2 saturated carbocycles. The zero-order valence-corrected chi connectivity index (χ0v) is 24.6. The molecule has 0 amide bonds. The molecule has 0 unspecified atom stereocenters. The van der Waals surface area contributed by atoms with Gasteiger partial charge in [-0.15, -0.1) is 11.3 Å². The van der Waals surface area contributed by atoms with E-state index >= 15 is 0 Å². The van der Waals surface area contributed by atoms with E-state index in [9.17, 15) is 35.9 Å². The molecule has 2 aromatic carbocycles. The number of nitrogens with two attached hydrogens (primary N) is 1. The van der Waals surface area contributed by atoms with Gasteiger partial charge < -0.3 is 9.67 Å². The van der Waals surface area contributed by atoms with Crippen LogP contribution in [-0.4, -0.2) is 35.0 Å². The standard InChI is InChI=1S/C31H25F4N3O4S2/c32-23-7-6-21(11-20(23)5-3-19-13-31(34,35)14-19)26-12-22(29-37-25(16-43-29)30(39)40)27(10-17-1-2-17)38(26)15-18-4-8-28(24(33)9-18)44(36,41)42/h4,6-9,11-12,16-17,19H,1-2,10,13-15H2,(H,39,40)(H2,36,41,42). The lowest BCUT2D eigenvalue weighted by molar-refractivity contribution is -0.0936. The van der Waals surface area contributed by atoms with Crippen molar-refractivity contribution in [3.8, 4) is 33.7 Å². The van der Waals surface area contributed by atoms with Gasteiger partial charge in [0, 0.05) is 47.6 Å². The molecule has 0 spiro atoms. The van der Waals surface area contributed by atoms with Crippen LogP contribution < -0.4 is 5.14 Å². The molecule has 228 valence electrons. The molecule has 44 heavy (non-hydrogen) atoms. The van der Waals surface area contributed by atoms with Crippen molar-refractivity contribution < 1.29 is 35.9 Å². The molecule has 0 radical (unpaired) electrons. The van der Waals surface area contributed by atoms with Crippen LogP contribution >= 0.6 is 11.3 Å². The van der Waals surface area contributed by atoms with Crippen molar-refractivity contribution in [1.82, 2.24) is 9.55 Å². The Labute approximate surface area is 254 Å². The molecule has 7 nitrogen and oxygen atoms in total. The predicted octanol–water partition coefficient (Wildman–Crippen LogP) is 6.30. The monoisotopic (exact) mass is 643 g/mol. The molecule has 2 aliphatic carbocycles. The average Bonchev–Trinajstić information content (AvgIpc) is 3.48. The fraction of sp³-hybridized carbons (Fsp3) is 0.290. The Bertz CT molecular complexity index is 1960. The molecule has 6 rings (SSSR count). The van der Waals surface area contributed by atoms with E-state index in [1.807, 2.05) is 10.6 Å². The number of aromatic carboxylic acids is 1. The first-order valence-electron chi connectivity index (χ1n) is 13.7. The number of sulfonamides is 1. The highest BCUT2D eigenvalue weighted by Crippen LogP contribution is 2.43. The number of nitrogens with zero attached hydrogens (tertiary/aromatic N) is 2. The number of carbonyl (C=O) groups is 1. The zero-order chi connectivity index (χ0) is 31.4. The second kappa shape index (κ2) is 11.2. The summed E-state index contributed by atoms with van der Waals surface area (Å²) in [5.74, 6) is -0.264. The first kappa shape index (κ1) is 30.1. The maximum Gasteiger partial charge on any atom is 0.355 e. The van der Waals surface area contributed by atoms with E-state index in [-0.39, 0.29) is 30.6 Å². The third kappa shape index (κ3) is 6.29. The molecule has 3 N–H and O–H groups in total. The van der Waals surface area contributed by atoms with Crippen LogP contribution in [0.4, 0.5) is 17.6 Å². The summed E-state index contributed by atoms with van der Waals surface area (Å²) in [5, 5.41) is 16.5. The molecule has 0 saturated heterocycles. The van der Waals surface area contributed by atoms with Gasteiger partial charge in [-0.3, -0.25) is 0 Å². The summed E-state index contributed by atoms with van der Waals surface area (Å²) in [7, 11) is -4.28. The molecule has 4 aromatic rings. The lowest BCUT2D eigenvalue weighted by Crippen LogP contribution is -2.34. The molecule has 2 aliphatic rings. The molecule has 0 bridgehead atoms. The summed E-state index contributed by atoms with van der Waals surface area (Å²) < 4.78 is 81.7. The van der Waals surface area contributed by atoms with E-state index < -0.39 is 44.4 Å². The van der Waals surface area contributed by atoms with Crippen molar-refractivity contribution in [2.75, 3.05) is 0 Å². The summed E-state index contributed by atoms with van der Waals surface area (Å²) in [6, 6.07) is 9.75. The summed E-state index contributed by atoms with van der Waals surface area (Å²) in [4.78, 5) is 15.3. The number of primary sulfonamides is 1. The smallest absolute Gasteiger partial charge is 0.355 e. The van der Waals surface area contributed by atoms with Gasteiger partial charge in [0.1, 0.15) is 21.5 Å². The van der Waals surface area contributed by atoms with E-state index in [0.29, 0.717) is 39.7 Å². The van der Waals surface area contributed by atoms with Crippen LogP contribution in [0.2, 0.25) is 0 Å². The highest BCUT2D eigenvalue weighted by molar-refractivity contribution is 7.89. The zero-order valence-electron chi connectivity index (χ0n) is 23.0. The Kier molecular flexibility index (Phi) is 7.63.